The summed E-state index contributed by atoms with van der Waals surface area (Å²) in [6, 6.07) is 0. The van der Waals surface area contributed by atoms with Crippen molar-refractivity contribution in [1.82, 2.24) is 0 Å². The van der Waals surface area contributed by atoms with E-state index in [-0.39, 0.29) is 25.7 Å². The minimum absolute atomic E-state index is 0.109. The summed E-state index contributed by atoms with van der Waals surface area (Å²) in [7, 11) is -9.93. The normalized spacial score (nSPS) is 13.8. The van der Waals surface area contributed by atoms with Crippen molar-refractivity contribution in [3.05, 3.63) is 0 Å². The molecule has 0 aliphatic heterocycles. The number of unbranched alkanes of at least 4 members (excludes halogenated alkanes) is 58. The first-order valence-electron chi connectivity index (χ1n) is 44.6. The van der Waals surface area contributed by atoms with E-state index in [0.717, 1.165) is 95.8 Å². The van der Waals surface area contributed by atoms with Crippen LogP contribution in [0, 0.1) is 5.92 Å². The van der Waals surface area contributed by atoms with Crippen LogP contribution in [-0.4, -0.2) is 96.7 Å². The standard InChI is InChI=1S/C86H168O17P2/c1-6-9-12-15-18-21-24-27-29-31-32-33-34-36-42-47-52-57-62-67-72-86(91)103-82(76-97-84(89)70-65-60-55-50-45-40-38-37-39-43-48-53-58-63-68-79(4)5)78-101-105(94,95)99-74-80(87)73-98-104(92,93)100-77-81(75-96-83(88)69-64-59-54-49-44-26-23-20-17-14-11-8-3)102-85(90)71-66-61-56-51-46-41-35-30-28-25-22-19-16-13-10-7-2/h79-82,87H,6-78H2,1-5H3,(H,92,93)(H,94,95)/t80-,81+,82+/m0/s1. The van der Waals surface area contributed by atoms with Gasteiger partial charge in [-0.25, -0.2) is 9.13 Å². The van der Waals surface area contributed by atoms with Gasteiger partial charge in [-0.15, -0.1) is 0 Å². The number of esters is 4. The van der Waals surface area contributed by atoms with E-state index in [1.165, 1.54) is 289 Å². The number of carbonyl (C=O) groups excluding carboxylic acids is 4. The molecule has 0 spiro atoms. The zero-order valence-electron chi connectivity index (χ0n) is 68.9. The van der Waals surface area contributed by atoms with E-state index in [2.05, 4.69) is 34.6 Å². The van der Waals surface area contributed by atoms with E-state index in [1.807, 2.05) is 0 Å². The second-order valence-corrected chi connectivity index (χ2v) is 34.3. The Morgan fingerprint density at radius 3 is 0.648 bits per heavy atom. The summed E-state index contributed by atoms with van der Waals surface area (Å²) in [4.78, 5) is 73.3. The van der Waals surface area contributed by atoms with Gasteiger partial charge in [0.1, 0.15) is 19.3 Å². The summed E-state index contributed by atoms with van der Waals surface area (Å²) in [5.41, 5.74) is 0. The number of aliphatic hydroxyl groups excluding tert-OH is 1. The van der Waals surface area contributed by atoms with Gasteiger partial charge in [0, 0.05) is 25.7 Å². The molecule has 0 rings (SSSR count). The number of carbonyl (C=O) groups is 4. The van der Waals surface area contributed by atoms with Gasteiger partial charge < -0.3 is 33.8 Å². The number of hydrogen-bond acceptors (Lipinski definition) is 15. The molecule has 0 aromatic carbocycles. The van der Waals surface area contributed by atoms with Gasteiger partial charge in [-0.1, -0.05) is 413 Å². The van der Waals surface area contributed by atoms with E-state index in [9.17, 15) is 43.2 Å². The topological polar surface area (TPSA) is 237 Å². The van der Waals surface area contributed by atoms with Gasteiger partial charge in [-0.2, -0.15) is 0 Å². The Labute approximate surface area is 645 Å². The van der Waals surface area contributed by atoms with Gasteiger partial charge in [0.15, 0.2) is 12.2 Å². The van der Waals surface area contributed by atoms with Gasteiger partial charge in [-0.05, 0) is 31.6 Å². The molecule has 0 aromatic rings. The average Bonchev–Trinajstić information content (AvgIpc) is 0.913. The lowest BCUT2D eigenvalue weighted by atomic mass is 10.0. The highest BCUT2D eigenvalue weighted by molar-refractivity contribution is 7.47. The fourth-order valence-electron chi connectivity index (χ4n) is 13.5. The number of ether oxygens (including phenoxy) is 4. The zero-order valence-corrected chi connectivity index (χ0v) is 70.7. The van der Waals surface area contributed by atoms with E-state index >= 15 is 0 Å². The van der Waals surface area contributed by atoms with Crippen LogP contribution in [0.2, 0.25) is 0 Å². The van der Waals surface area contributed by atoms with Gasteiger partial charge >= 0.3 is 39.5 Å². The molecule has 0 saturated heterocycles. The fourth-order valence-corrected chi connectivity index (χ4v) is 15.1. The molecule has 0 bridgehead atoms. The molecule has 0 amide bonds. The van der Waals surface area contributed by atoms with Crippen LogP contribution in [0.1, 0.15) is 465 Å². The Morgan fingerprint density at radius 2 is 0.438 bits per heavy atom. The summed E-state index contributed by atoms with van der Waals surface area (Å²) in [6.07, 6.45) is 72.1. The fraction of sp³-hybridized carbons (Fsp3) is 0.953. The highest BCUT2D eigenvalue weighted by Crippen LogP contribution is 2.45. The first-order valence-corrected chi connectivity index (χ1v) is 47.6. The van der Waals surface area contributed by atoms with Crippen LogP contribution >= 0.6 is 15.6 Å². The van der Waals surface area contributed by atoms with Gasteiger partial charge in [0.2, 0.25) is 0 Å². The van der Waals surface area contributed by atoms with Crippen LogP contribution in [0.5, 0.6) is 0 Å². The van der Waals surface area contributed by atoms with Crippen molar-refractivity contribution in [3.8, 4) is 0 Å². The minimum Gasteiger partial charge on any atom is -0.462 e. The number of rotatable bonds is 86. The molecular weight excluding hydrogens is 1370 g/mol. The molecule has 3 N–H and O–H groups in total. The second-order valence-electron chi connectivity index (χ2n) is 31.4. The molecule has 0 fully saturated rings. The molecule has 19 heteroatoms. The van der Waals surface area contributed by atoms with Crippen molar-refractivity contribution >= 4 is 39.5 Å². The summed E-state index contributed by atoms with van der Waals surface area (Å²) in [5.74, 6) is -1.30. The zero-order chi connectivity index (χ0) is 76.9. The Bertz CT molecular complexity index is 2000. The van der Waals surface area contributed by atoms with Crippen LogP contribution in [0.3, 0.4) is 0 Å². The molecule has 17 nitrogen and oxygen atoms in total. The van der Waals surface area contributed by atoms with Crippen LogP contribution < -0.4 is 0 Å². The number of aliphatic hydroxyl groups is 1. The van der Waals surface area contributed by atoms with E-state index < -0.39 is 97.5 Å². The third-order valence-corrected chi connectivity index (χ3v) is 22.2. The molecule has 0 aliphatic rings. The SMILES string of the molecule is CCCCCCCCCCCCCCCCCCCCCCC(=O)O[C@H](COC(=O)CCCCCCCCCCCCCCCCC(C)C)COP(=O)(O)OC[C@@H](O)COP(=O)(O)OC[C@@H](COC(=O)CCCCCCCCCCCCCC)OC(=O)CCCCCCCCCCCCCCCCCC. The molecule has 624 valence electrons. The maximum absolute atomic E-state index is 13.1. The lowest BCUT2D eigenvalue weighted by molar-refractivity contribution is -0.161. The monoisotopic (exact) mass is 1540 g/mol. The molecule has 5 atom stereocenters. The maximum Gasteiger partial charge on any atom is 0.472 e. The maximum atomic E-state index is 13.1. The molecule has 2 unspecified atom stereocenters. The van der Waals surface area contributed by atoms with Crippen molar-refractivity contribution in [2.24, 2.45) is 5.92 Å². The predicted molar refractivity (Wildman–Crippen MR) is 432 cm³/mol. The summed E-state index contributed by atoms with van der Waals surface area (Å²) < 4.78 is 68.9. The number of phosphoric acid groups is 2. The molecule has 0 saturated carbocycles. The van der Waals surface area contributed by atoms with Crippen molar-refractivity contribution in [2.75, 3.05) is 39.6 Å². The van der Waals surface area contributed by atoms with E-state index in [4.69, 9.17) is 37.0 Å². The van der Waals surface area contributed by atoms with Crippen molar-refractivity contribution in [1.29, 1.82) is 0 Å². The highest BCUT2D eigenvalue weighted by atomic mass is 31.2. The quantitative estimate of drug-likeness (QED) is 0.0222. The second kappa shape index (κ2) is 78.7. The van der Waals surface area contributed by atoms with Crippen molar-refractivity contribution in [2.45, 2.75) is 483 Å². The van der Waals surface area contributed by atoms with Crippen LogP contribution in [0.4, 0.5) is 0 Å². The summed E-state index contributed by atoms with van der Waals surface area (Å²) in [6.45, 7) is 7.40. The summed E-state index contributed by atoms with van der Waals surface area (Å²) in [5, 5.41) is 10.7. The van der Waals surface area contributed by atoms with E-state index in [0.29, 0.717) is 25.7 Å². The molecule has 0 heterocycles. The molecule has 105 heavy (non-hydrogen) atoms. The molecule has 0 radical (unpaired) electrons. The van der Waals surface area contributed by atoms with Gasteiger partial charge in [-0.3, -0.25) is 37.3 Å². The van der Waals surface area contributed by atoms with Crippen LogP contribution in [-0.2, 0) is 65.4 Å². The minimum atomic E-state index is -4.97. The first kappa shape index (κ1) is 103. The van der Waals surface area contributed by atoms with Gasteiger partial charge in [0.25, 0.3) is 0 Å². The molecule has 0 aliphatic carbocycles. The predicted octanol–water partition coefficient (Wildman–Crippen LogP) is 26.4. The third kappa shape index (κ3) is 79.9. The van der Waals surface area contributed by atoms with E-state index in [1.54, 1.807) is 0 Å². The Hall–Kier alpha value is -1.94. The average molecular weight is 1540 g/mol. The number of phosphoric ester groups is 2. The van der Waals surface area contributed by atoms with Crippen LogP contribution in [0.15, 0.2) is 0 Å². The largest absolute Gasteiger partial charge is 0.472 e. The Kier molecular flexibility index (Phi) is 77.3. The first-order chi connectivity index (χ1) is 51.0. The van der Waals surface area contributed by atoms with Crippen LogP contribution in [0.25, 0.3) is 0 Å². The van der Waals surface area contributed by atoms with Gasteiger partial charge in [0.05, 0.1) is 26.4 Å². The lowest BCUT2D eigenvalue weighted by Crippen LogP contribution is -2.30. The molecular formula is C86H168O17P2. The Balaban J connectivity index is 5.25. The summed E-state index contributed by atoms with van der Waals surface area (Å²) >= 11 is 0. The third-order valence-electron chi connectivity index (χ3n) is 20.3. The Morgan fingerprint density at radius 1 is 0.257 bits per heavy atom. The lowest BCUT2D eigenvalue weighted by Gasteiger charge is -2.21. The molecule has 0 aromatic heterocycles. The number of hydrogen-bond donors (Lipinski definition) is 3. The van der Waals surface area contributed by atoms with Crippen molar-refractivity contribution < 1.29 is 80.2 Å². The smallest absolute Gasteiger partial charge is 0.462 e. The highest BCUT2D eigenvalue weighted by Gasteiger charge is 2.30. The van der Waals surface area contributed by atoms with Crippen molar-refractivity contribution in [3.63, 3.8) is 0 Å².